The zero-order valence-corrected chi connectivity index (χ0v) is 24.4. The molecule has 206 valence electrons. The Bertz CT molecular complexity index is 2420. The minimum absolute atomic E-state index is 0.658. The molecule has 5 heteroatoms. The fourth-order valence-electron chi connectivity index (χ4n) is 6.29. The van der Waals surface area contributed by atoms with E-state index in [2.05, 4.69) is 114 Å². The molecule has 0 saturated heterocycles. The van der Waals surface area contributed by atoms with Crippen LogP contribution in [0.5, 0.6) is 0 Å². The molecule has 0 fully saturated rings. The molecule has 0 bridgehead atoms. The molecule has 0 unspecified atom stereocenters. The van der Waals surface area contributed by atoms with Gasteiger partial charge in [-0.15, -0.1) is 11.3 Å². The Morgan fingerprint density at radius 3 is 1.68 bits per heavy atom. The van der Waals surface area contributed by atoms with E-state index in [0.29, 0.717) is 17.5 Å². The predicted octanol–water partition coefficient (Wildman–Crippen LogP) is 10.3. The summed E-state index contributed by atoms with van der Waals surface area (Å²) in [5.41, 5.74) is 6.35. The van der Waals surface area contributed by atoms with Gasteiger partial charge in [0.05, 0.1) is 11.0 Å². The van der Waals surface area contributed by atoms with E-state index in [0.717, 1.165) is 27.9 Å². The van der Waals surface area contributed by atoms with E-state index in [-0.39, 0.29) is 0 Å². The number of hydrogen-bond donors (Lipinski definition) is 0. The largest absolute Gasteiger partial charge is 0.309 e. The number of hydrogen-bond acceptors (Lipinski definition) is 4. The lowest BCUT2D eigenvalue weighted by Gasteiger charge is -2.12. The van der Waals surface area contributed by atoms with Crippen LogP contribution >= 0.6 is 11.3 Å². The predicted molar refractivity (Wildman–Crippen MR) is 183 cm³/mol. The summed E-state index contributed by atoms with van der Waals surface area (Å²) in [5, 5.41) is 4.88. The van der Waals surface area contributed by atoms with Gasteiger partial charge in [-0.2, -0.15) is 0 Å². The number of benzene rings is 6. The highest BCUT2D eigenvalue weighted by Gasteiger charge is 2.23. The van der Waals surface area contributed by atoms with E-state index in [9.17, 15) is 0 Å². The molecule has 9 aromatic rings. The van der Waals surface area contributed by atoms with Crippen LogP contribution in [0, 0.1) is 0 Å². The van der Waals surface area contributed by atoms with Crippen LogP contribution in [0.25, 0.3) is 81.8 Å². The highest BCUT2D eigenvalue weighted by atomic mass is 32.1. The lowest BCUT2D eigenvalue weighted by molar-refractivity contribution is 1.08. The third kappa shape index (κ3) is 3.87. The second-order valence-electron chi connectivity index (χ2n) is 10.8. The Morgan fingerprint density at radius 2 is 1.00 bits per heavy atom. The Morgan fingerprint density at radius 1 is 0.455 bits per heavy atom. The molecule has 0 aliphatic carbocycles. The van der Waals surface area contributed by atoms with E-state index in [4.69, 9.17) is 15.0 Å². The van der Waals surface area contributed by atoms with Crippen molar-refractivity contribution in [1.82, 2.24) is 19.5 Å². The fraction of sp³-hybridized carbons (Fsp3) is 0. The van der Waals surface area contributed by atoms with E-state index in [1.807, 2.05) is 47.7 Å². The van der Waals surface area contributed by atoms with Crippen LogP contribution in [-0.2, 0) is 0 Å². The molecule has 0 amide bonds. The molecular weight excluding hydrogens is 557 g/mol. The van der Waals surface area contributed by atoms with Gasteiger partial charge in [0.25, 0.3) is 0 Å². The van der Waals surface area contributed by atoms with Gasteiger partial charge in [-0.25, -0.2) is 15.0 Å². The molecule has 6 aromatic carbocycles. The zero-order chi connectivity index (χ0) is 29.0. The minimum Gasteiger partial charge on any atom is -0.309 e. The van der Waals surface area contributed by atoms with E-state index in [1.165, 1.54) is 36.5 Å². The van der Waals surface area contributed by atoms with Crippen LogP contribution in [0.15, 0.2) is 146 Å². The van der Waals surface area contributed by atoms with Gasteiger partial charge in [-0.05, 0) is 30.3 Å². The average molecular weight is 581 g/mol. The number of aromatic nitrogens is 4. The van der Waals surface area contributed by atoms with Crippen LogP contribution in [0.2, 0.25) is 0 Å². The Hall–Kier alpha value is -5.65. The molecule has 0 radical (unpaired) electrons. The van der Waals surface area contributed by atoms with Crippen molar-refractivity contribution in [2.24, 2.45) is 0 Å². The normalized spacial score (nSPS) is 11.6. The van der Waals surface area contributed by atoms with E-state index >= 15 is 0 Å². The van der Waals surface area contributed by atoms with Crippen LogP contribution in [-0.4, -0.2) is 19.5 Å². The van der Waals surface area contributed by atoms with Crippen LogP contribution in [0.4, 0.5) is 0 Å². The molecule has 0 aliphatic rings. The van der Waals surface area contributed by atoms with Crippen molar-refractivity contribution in [3.63, 3.8) is 0 Å². The molecule has 0 N–H and O–H groups in total. The van der Waals surface area contributed by atoms with Crippen LogP contribution in [0.1, 0.15) is 0 Å². The quantitative estimate of drug-likeness (QED) is 0.208. The fourth-order valence-corrected chi connectivity index (χ4v) is 7.58. The van der Waals surface area contributed by atoms with Crippen molar-refractivity contribution in [3.05, 3.63) is 146 Å². The van der Waals surface area contributed by atoms with Crippen LogP contribution < -0.4 is 0 Å². The molecule has 44 heavy (non-hydrogen) atoms. The van der Waals surface area contributed by atoms with Gasteiger partial charge in [0.2, 0.25) is 0 Å². The van der Waals surface area contributed by atoms with Gasteiger partial charge in [-0.1, -0.05) is 115 Å². The number of para-hydroxylation sites is 2. The van der Waals surface area contributed by atoms with Gasteiger partial charge in [0.1, 0.15) is 0 Å². The highest BCUT2D eigenvalue weighted by Crippen LogP contribution is 2.47. The highest BCUT2D eigenvalue weighted by molar-refractivity contribution is 7.27. The number of nitrogens with zero attached hydrogens (tertiary/aromatic N) is 4. The van der Waals surface area contributed by atoms with Gasteiger partial charge >= 0.3 is 0 Å². The van der Waals surface area contributed by atoms with Crippen molar-refractivity contribution in [2.75, 3.05) is 0 Å². The summed E-state index contributed by atoms with van der Waals surface area (Å²) in [6.45, 7) is 0. The first-order valence-electron chi connectivity index (χ1n) is 14.6. The third-order valence-electron chi connectivity index (χ3n) is 8.24. The number of rotatable bonds is 4. The Labute approximate surface area is 257 Å². The molecule has 3 heterocycles. The van der Waals surface area contributed by atoms with Crippen molar-refractivity contribution in [3.8, 4) is 39.9 Å². The van der Waals surface area contributed by atoms with Crippen LogP contribution in [0.3, 0.4) is 0 Å². The first-order chi connectivity index (χ1) is 21.8. The molecular formula is C39H24N4S. The smallest absolute Gasteiger partial charge is 0.164 e. The molecule has 0 atom stereocenters. The minimum atomic E-state index is 0.658. The number of fused-ring (bicyclic) bond motifs is 7. The Kier molecular flexibility index (Phi) is 5.64. The summed E-state index contributed by atoms with van der Waals surface area (Å²) < 4.78 is 4.86. The molecule has 9 rings (SSSR count). The monoisotopic (exact) mass is 580 g/mol. The lowest BCUT2D eigenvalue weighted by Crippen LogP contribution is -2.01. The average Bonchev–Trinajstić information content (AvgIpc) is 3.65. The Balaban J connectivity index is 1.46. The maximum atomic E-state index is 5.17. The van der Waals surface area contributed by atoms with Crippen molar-refractivity contribution < 1.29 is 0 Å². The SMILES string of the molecule is c1ccc(-c2nc(-c3ccccc3)nc(-c3cc4c(c5ccccc5n4-c4ccccc4)c4sc5ccccc5c34)n2)cc1. The van der Waals surface area contributed by atoms with Crippen molar-refractivity contribution in [1.29, 1.82) is 0 Å². The molecule has 0 aliphatic heterocycles. The summed E-state index contributed by atoms with van der Waals surface area (Å²) in [5.74, 6) is 1.98. The van der Waals surface area contributed by atoms with E-state index in [1.54, 1.807) is 0 Å². The molecule has 3 aromatic heterocycles. The molecule has 4 nitrogen and oxygen atoms in total. The van der Waals surface area contributed by atoms with Crippen molar-refractivity contribution >= 4 is 53.3 Å². The van der Waals surface area contributed by atoms with E-state index < -0.39 is 0 Å². The van der Waals surface area contributed by atoms with Gasteiger partial charge in [0.15, 0.2) is 17.5 Å². The van der Waals surface area contributed by atoms with Crippen molar-refractivity contribution in [2.45, 2.75) is 0 Å². The lowest BCUT2D eigenvalue weighted by atomic mass is 10.0. The summed E-state index contributed by atoms with van der Waals surface area (Å²) >= 11 is 1.84. The van der Waals surface area contributed by atoms with Gasteiger partial charge in [-0.3, -0.25) is 0 Å². The maximum Gasteiger partial charge on any atom is 0.164 e. The zero-order valence-electron chi connectivity index (χ0n) is 23.6. The van der Waals surface area contributed by atoms with Gasteiger partial charge < -0.3 is 4.57 Å². The van der Waals surface area contributed by atoms with Gasteiger partial charge in [0, 0.05) is 53.3 Å². The molecule has 0 saturated carbocycles. The first-order valence-corrected chi connectivity index (χ1v) is 15.5. The summed E-state index contributed by atoms with van der Waals surface area (Å²) in [6, 6.07) is 50.6. The maximum absolute atomic E-state index is 5.17. The summed E-state index contributed by atoms with van der Waals surface area (Å²) in [6.07, 6.45) is 0. The summed E-state index contributed by atoms with van der Waals surface area (Å²) in [4.78, 5) is 15.3. The molecule has 0 spiro atoms. The second-order valence-corrected chi connectivity index (χ2v) is 11.9. The first kappa shape index (κ1) is 24.9. The second kappa shape index (κ2) is 9.97. The summed E-state index contributed by atoms with van der Waals surface area (Å²) in [7, 11) is 0. The standard InChI is InChI=1S/C39H24N4S/c1-4-14-25(15-5-1)37-40-38(26-16-6-2-7-17-26)42-39(41-37)30-24-32-35(36-34(30)29-21-11-13-23-33(29)44-36)28-20-10-12-22-31(28)43(32)27-18-8-3-9-19-27/h1-24H. The topological polar surface area (TPSA) is 43.6 Å². The third-order valence-corrected chi connectivity index (χ3v) is 9.43. The number of thiophene rings is 1.